The maximum absolute atomic E-state index is 5.59. The summed E-state index contributed by atoms with van der Waals surface area (Å²) >= 11 is 0. The minimum Gasteiger partial charge on any atom is -0.497 e. The molecule has 0 atom stereocenters. The summed E-state index contributed by atoms with van der Waals surface area (Å²) in [5.74, 6) is 3.21. The number of ether oxygens (including phenoxy) is 4. The first kappa shape index (κ1) is 26.5. The summed E-state index contributed by atoms with van der Waals surface area (Å²) in [6.45, 7) is 0. The molecular weight excluding hydrogens is 520 g/mol. The monoisotopic (exact) mass is 556 g/mol. The molecule has 4 aromatic carbocycles. The van der Waals surface area contributed by atoms with Crippen LogP contribution in [0.25, 0.3) is 34.4 Å². The smallest absolute Gasteiger partial charge is 0.123 e. The molecule has 1 saturated carbocycles. The lowest BCUT2D eigenvalue weighted by molar-refractivity contribution is 0.235. The van der Waals surface area contributed by atoms with E-state index in [0.717, 1.165) is 47.0 Å². The van der Waals surface area contributed by atoms with Crippen molar-refractivity contribution in [3.05, 3.63) is 106 Å². The number of hydrogen-bond acceptors (Lipinski definition) is 4. The number of hydrogen-bond donors (Lipinski definition) is 0. The van der Waals surface area contributed by atoms with E-state index in [1.165, 1.54) is 52.6 Å². The molecule has 42 heavy (non-hydrogen) atoms. The summed E-state index contributed by atoms with van der Waals surface area (Å²) in [6, 6.07) is 25.7. The SMILES string of the molecule is COc1cc(OC)cc(-c2cccc3c2C=C(C2(C4=Cc5c(cccc5-c5cc(OC)cc(OC)c5)C4)CCC2)C3)c1. The molecule has 4 aromatic rings. The van der Waals surface area contributed by atoms with Gasteiger partial charge in [0.2, 0.25) is 0 Å². The van der Waals surface area contributed by atoms with E-state index < -0.39 is 0 Å². The van der Waals surface area contributed by atoms with Crippen LogP contribution in [0.4, 0.5) is 0 Å². The van der Waals surface area contributed by atoms with E-state index in [1.54, 1.807) is 39.6 Å². The standard InChI is InChI=1S/C38H36O4/c1-39-30-16-26(17-31(22-30)40-2)34-10-5-8-24-14-28(20-36(24)34)38(12-7-13-38)29-15-25-9-6-11-35(37(25)21-29)27-18-32(41-3)23-33(19-27)42-4/h5-6,8-11,16-23H,7,12-15H2,1-4H3. The summed E-state index contributed by atoms with van der Waals surface area (Å²) in [4.78, 5) is 0. The Morgan fingerprint density at radius 3 is 1.26 bits per heavy atom. The first-order valence-electron chi connectivity index (χ1n) is 14.7. The van der Waals surface area contributed by atoms with E-state index in [-0.39, 0.29) is 5.41 Å². The average Bonchev–Trinajstić information content (AvgIpc) is 3.64. The fourth-order valence-electron chi connectivity index (χ4n) is 7.16. The van der Waals surface area contributed by atoms with E-state index in [9.17, 15) is 0 Å². The average molecular weight is 557 g/mol. The Hall–Kier alpha value is -4.44. The van der Waals surface area contributed by atoms with Crippen LogP contribution in [-0.4, -0.2) is 28.4 Å². The Labute approximate surface area is 248 Å². The molecule has 0 heterocycles. The molecule has 212 valence electrons. The van der Waals surface area contributed by atoms with Gasteiger partial charge in [0.25, 0.3) is 0 Å². The molecule has 0 aromatic heterocycles. The van der Waals surface area contributed by atoms with Crippen molar-refractivity contribution >= 4 is 12.2 Å². The Morgan fingerprint density at radius 2 is 0.929 bits per heavy atom. The summed E-state index contributed by atoms with van der Waals surface area (Å²) in [5.41, 5.74) is 13.4. The van der Waals surface area contributed by atoms with E-state index in [4.69, 9.17) is 18.9 Å². The molecule has 3 aliphatic carbocycles. The fourth-order valence-corrected chi connectivity index (χ4v) is 7.16. The van der Waals surface area contributed by atoms with Crippen LogP contribution < -0.4 is 18.9 Å². The zero-order chi connectivity index (χ0) is 28.8. The van der Waals surface area contributed by atoms with Gasteiger partial charge in [-0.05, 0) is 94.5 Å². The highest BCUT2D eigenvalue weighted by atomic mass is 16.5. The second-order valence-corrected chi connectivity index (χ2v) is 11.6. The number of allylic oxidation sites excluding steroid dienone is 2. The fraction of sp³-hybridized carbons (Fsp3) is 0.263. The summed E-state index contributed by atoms with van der Waals surface area (Å²) < 4.78 is 22.4. The number of fused-ring (bicyclic) bond motifs is 2. The largest absolute Gasteiger partial charge is 0.497 e. The Bertz CT molecular complexity index is 1590. The molecule has 3 aliphatic rings. The highest BCUT2D eigenvalue weighted by Crippen LogP contribution is 2.59. The van der Waals surface area contributed by atoms with Crippen molar-refractivity contribution in [2.24, 2.45) is 5.41 Å². The predicted octanol–water partition coefficient (Wildman–Crippen LogP) is 8.80. The van der Waals surface area contributed by atoms with E-state index >= 15 is 0 Å². The Balaban J connectivity index is 1.28. The lowest BCUT2D eigenvalue weighted by atomic mass is 9.59. The molecule has 4 heteroatoms. The van der Waals surface area contributed by atoms with Crippen LogP contribution in [0.3, 0.4) is 0 Å². The van der Waals surface area contributed by atoms with Gasteiger partial charge in [-0.3, -0.25) is 0 Å². The van der Waals surface area contributed by atoms with E-state index in [0.29, 0.717) is 0 Å². The van der Waals surface area contributed by atoms with Crippen molar-refractivity contribution in [1.82, 2.24) is 0 Å². The lowest BCUT2D eigenvalue weighted by Gasteiger charge is -2.45. The molecular formula is C38H36O4. The molecule has 1 fully saturated rings. The van der Waals surface area contributed by atoms with E-state index in [2.05, 4.69) is 72.8 Å². The van der Waals surface area contributed by atoms with Crippen molar-refractivity contribution in [1.29, 1.82) is 0 Å². The minimum atomic E-state index is 0.116. The van der Waals surface area contributed by atoms with Gasteiger partial charge >= 0.3 is 0 Å². The second-order valence-electron chi connectivity index (χ2n) is 11.6. The zero-order valence-corrected chi connectivity index (χ0v) is 24.8. The van der Waals surface area contributed by atoms with Crippen molar-refractivity contribution in [3.8, 4) is 45.3 Å². The van der Waals surface area contributed by atoms with Gasteiger partial charge in [-0.1, -0.05) is 66.1 Å². The van der Waals surface area contributed by atoms with Gasteiger partial charge in [-0.2, -0.15) is 0 Å². The molecule has 0 unspecified atom stereocenters. The number of methoxy groups -OCH3 is 4. The predicted molar refractivity (Wildman–Crippen MR) is 170 cm³/mol. The minimum absolute atomic E-state index is 0.116. The molecule has 4 nitrogen and oxygen atoms in total. The van der Waals surface area contributed by atoms with E-state index in [1.807, 2.05) is 12.1 Å². The molecule has 0 radical (unpaired) electrons. The van der Waals surface area contributed by atoms with Gasteiger partial charge in [-0.25, -0.2) is 0 Å². The van der Waals surface area contributed by atoms with Crippen molar-refractivity contribution in [2.45, 2.75) is 32.1 Å². The first-order valence-corrected chi connectivity index (χ1v) is 14.7. The van der Waals surface area contributed by atoms with Crippen LogP contribution in [0.15, 0.2) is 83.9 Å². The van der Waals surface area contributed by atoms with Crippen LogP contribution in [-0.2, 0) is 12.8 Å². The molecule has 0 aliphatic heterocycles. The summed E-state index contributed by atoms with van der Waals surface area (Å²) in [5, 5.41) is 0. The van der Waals surface area contributed by atoms with Gasteiger partial charge in [0.05, 0.1) is 28.4 Å². The highest BCUT2D eigenvalue weighted by molar-refractivity contribution is 5.85. The van der Waals surface area contributed by atoms with Crippen LogP contribution in [0.1, 0.15) is 41.5 Å². The van der Waals surface area contributed by atoms with Crippen molar-refractivity contribution in [3.63, 3.8) is 0 Å². The second kappa shape index (κ2) is 10.4. The molecule has 0 spiro atoms. The van der Waals surface area contributed by atoms with Gasteiger partial charge in [0.1, 0.15) is 23.0 Å². The Morgan fingerprint density at radius 1 is 0.524 bits per heavy atom. The number of rotatable bonds is 8. The van der Waals surface area contributed by atoms with Gasteiger partial charge in [-0.15, -0.1) is 0 Å². The van der Waals surface area contributed by atoms with Crippen molar-refractivity contribution < 1.29 is 18.9 Å². The molecule has 0 saturated heterocycles. The van der Waals surface area contributed by atoms with Crippen LogP contribution in [0.5, 0.6) is 23.0 Å². The number of benzene rings is 4. The topological polar surface area (TPSA) is 36.9 Å². The van der Waals surface area contributed by atoms with Crippen LogP contribution in [0.2, 0.25) is 0 Å². The summed E-state index contributed by atoms with van der Waals surface area (Å²) in [6.07, 6.45) is 10.7. The van der Waals surface area contributed by atoms with Gasteiger partial charge in [0, 0.05) is 17.5 Å². The molecule has 0 amide bonds. The molecule has 0 bridgehead atoms. The third kappa shape index (κ3) is 4.28. The summed E-state index contributed by atoms with van der Waals surface area (Å²) in [7, 11) is 6.82. The van der Waals surface area contributed by atoms with Crippen LogP contribution in [0, 0.1) is 5.41 Å². The van der Waals surface area contributed by atoms with Crippen LogP contribution >= 0.6 is 0 Å². The van der Waals surface area contributed by atoms with Gasteiger partial charge < -0.3 is 18.9 Å². The quantitative estimate of drug-likeness (QED) is 0.217. The Kier molecular flexibility index (Phi) is 6.57. The normalized spacial score (nSPS) is 16.1. The third-order valence-electron chi connectivity index (χ3n) is 9.55. The molecule has 7 rings (SSSR count). The lowest BCUT2D eigenvalue weighted by Crippen LogP contribution is -2.34. The van der Waals surface area contributed by atoms with Crippen molar-refractivity contribution in [2.75, 3.05) is 28.4 Å². The van der Waals surface area contributed by atoms with Gasteiger partial charge in [0.15, 0.2) is 0 Å². The zero-order valence-electron chi connectivity index (χ0n) is 24.8. The maximum Gasteiger partial charge on any atom is 0.123 e. The highest BCUT2D eigenvalue weighted by Gasteiger charge is 2.46. The third-order valence-corrected chi connectivity index (χ3v) is 9.55. The molecule has 0 N–H and O–H groups in total. The first-order chi connectivity index (χ1) is 20.5. The maximum atomic E-state index is 5.59.